The molecule has 8 N–H and O–H groups in total. The van der Waals surface area contributed by atoms with Gasteiger partial charge in [0.05, 0.1) is 11.1 Å². The number of carbonyl (C=O) groups is 3. The van der Waals surface area contributed by atoms with Crippen LogP contribution in [0.2, 0.25) is 0 Å². The van der Waals surface area contributed by atoms with Crippen LogP contribution in [0.25, 0.3) is 66.8 Å². The van der Waals surface area contributed by atoms with Crippen molar-refractivity contribution in [3.05, 3.63) is 141 Å². The predicted molar refractivity (Wildman–Crippen MR) is 228 cm³/mol. The first-order valence-corrected chi connectivity index (χ1v) is 18.5. The molecule has 0 spiro atoms. The van der Waals surface area contributed by atoms with Crippen molar-refractivity contribution < 1.29 is 43.6 Å². The van der Waals surface area contributed by atoms with Gasteiger partial charge >= 0.3 is 18.0 Å². The molecule has 15 nitrogen and oxygen atoms in total. The highest BCUT2D eigenvalue weighted by molar-refractivity contribution is 7.80. The summed E-state index contributed by atoms with van der Waals surface area (Å²) in [6.45, 7) is 0.235. The van der Waals surface area contributed by atoms with E-state index in [0.29, 0.717) is 44.3 Å². The highest BCUT2D eigenvalue weighted by Crippen LogP contribution is 2.44. The zero-order valence-corrected chi connectivity index (χ0v) is 31.7. The van der Waals surface area contributed by atoms with Crippen LogP contribution in [-0.2, 0) is 0 Å². The average Bonchev–Trinajstić information content (AvgIpc) is 3.20. The van der Waals surface area contributed by atoms with Crippen molar-refractivity contribution in [3.8, 4) is 56.4 Å². The zero-order valence-electron chi connectivity index (χ0n) is 30.9. The number of benzene rings is 6. The Hall–Kier alpha value is -8.24. The number of phenolic OH excluding ortho intramolecular Hbond substituents is 2. The van der Waals surface area contributed by atoms with E-state index in [9.17, 15) is 44.4 Å². The fraction of sp³-hybridized carbons (Fsp3) is 0.0455. The summed E-state index contributed by atoms with van der Waals surface area (Å²) in [4.78, 5) is 62.2. The molecule has 0 atom stereocenters. The molecule has 4 aliphatic rings. The van der Waals surface area contributed by atoms with Crippen LogP contribution in [0.1, 0.15) is 20.7 Å². The van der Waals surface area contributed by atoms with Crippen LogP contribution >= 0.6 is 12.2 Å². The number of anilines is 2. The molecule has 8 rings (SSSR count). The molecule has 0 radical (unpaired) electrons. The molecule has 0 saturated carbocycles. The Bertz CT molecular complexity index is 2930. The van der Waals surface area contributed by atoms with Crippen molar-refractivity contribution in [2.45, 2.75) is 0 Å². The number of carbonyl (C=O) groups excluding carboxylic acids is 1. The van der Waals surface area contributed by atoms with E-state index in [4.69, 9.17) is 21.1 Å². The zero-order chi connectivity index (χ0) is 42.2. The van der Waals surface area contributed by atoms with E-state index >= 15 is 0 Å². The van der Waals surface area contributed by atoms with Gasteiger partial charge in [-0.05, 0) is 96.1 Å². The van der Waals surface area contributed by atoms with Crippen LogP contribution in [0.5, 0.6) is 11.5 Å². The maximum Gasteiger partial charge on any atom is 0.336 e. The number of hydrogen-bond donors (Lipinski definition) is 8. The Morgan fingerprint density at radius 2 is 0.983 bits per heavy atom. The van der Waals surface area contributed by atoms with Crippen LogP contribution < -0.4 is 32.1 Å². The molecule has 4 aromatic rings. The maximum atomic E-state index is 12.8. The molecule has 0 fully saturated rings. The lowest BCUT2D eigenvalue weighted by molar-refractivity contribution is 0.0687. The van der Waals surface area contributed by atoms with Crippen molar-refractivity contribution in [3.63, 3.8) is 0 Å². The third kappa shape index (κ3) is 7.60. The van der Waals surface area contributed by atoms with E-state index in [2.05, 4.69) is 21.3 Å². The number of thiocarbonyl (C=S) groups is 1. The number of fused-ring (bicyclic) bond motifs is 4. The number of amides is 2. The maximum absolute atomic E-state index is 12.8. The molecule has 0 bridgehead atoms. The molecule has 4 aromatic carbocycles. The van der Waals surface area contributed by atoms with Crippen LogP contribution in [0.4, 0.5) is 16.2 Å². The van der Waals surface area contributed by atoms with Gasteiger partial charge in [0, 0.05) is 81.8 Å². The van der Waals surface area contributed by atoms with Gasteiger partial charge in [0.15, 0.2) is 16.0 Å². The number of rotatable bonds is 9. The van der Waals surface area contributed by atoms with Crippen molar-refractivity contribution in [2.75, 3.05) is 23.7 Å². The minimum Gasteiger partial charge on any atom is -0.508 e. The lowest BCUT2D eigenvalue weighted by atomic mass is 9.90. The quantitative estimate of drug-likeness (QED) is 0.0403. The Balaban J connectivity index is 0.937. The average molecular weight is 823 g/mol. The minimum atomic E-state index is -1.27. The van der Waals surface area contributed by atoms with Crippen molar-refractivity contribution in [2.24, 2.45) is 0 Å². The number of phenols is 2. The second-order valence-electron chi connectivity index (χ2n) is 13.5. The van der Waals surface area contributed by atoms with Crippen molar-refractivity contribution >= 4 is 68.6 Å². The molecule has 2 heterocycles. The van der Waals surface area contributed by atoms with Gasteiger partial charge in [-0.2, -0.15) is 0 Å². The summed E-state index contributed by atoms with van der Waals surface area (Å²) in [7, 11) is 0. The predicted octanol–water partition coefficient (Wildman–Crippen LogP) is 7.36. The van der Waals surface area contributed by atoms with Crippen molar-refractivity contribution in [1.82, 2.24) is 10.6 Å². The first-order valence-electron chi connectivity index (χ1n) is 18.1. The summed E-state index contributed by atoms with van der Waals surface area (Å²) in [5, 5.41) is 52.9. The SMILES string of the molecule is O=C(NCCNC(=S)Nc1ccc(-c2c3ccc(=O)cc-3oc3cc(O)ccc23)c(C(=O)O)c1)Nc1ccc(-c2c3ccc(=O)cc-3oc3cc(O)ccc23)c(C(=O)O)c1. The smallest absolute Gasteiger partial charge is 0.336 e. The number of carboxylic acid groups (broad SMARTS) is 2. The van der Waals surface area contributed by atoms with Gasteiger partial charge in [0.1, 0.15) is 34.2 Å². The van der Waals surface area contributed by atoms with Gasteiger partial charge in [-0.25, -0.2) is 14.4 Å². The Kier molecular flexibility index (Phi) is 10.0. The van der Waals surface area contributed by atoms with E-state index in [-0.39, 0.29) is 85.6 Å². The lowest BCUT2D eigenvalue weighted by Crippen LogP contribution is -2.38. The monoisotopic (exact) mass is 822 g/mol. The topological polar surface area (TPSA) is 241 Å². The molecular formula is C44H30N4O11S. The van der Waals surface area contributed by atoms with Crippen LogP contribution in [0.15, 0.2) is 128 Å². The van der Waals surface area contributed by atoms with E-state index < -0.39 is 18.0 Å². The number of urea groups is 1. The largest absolute Gasteiger partial charge is 0.508 e. The summed E-state index contributed by atoms with van der Waals surface area (Å²) < 4.78 is 11.8. The molecule has 0 saturated heterocycles. The number of aromatic hydroxyl groups is 2. The van der Waals surface area contributed by atoms with E-state index in [1.165, 1.54) is 72.8 Å². The van der Waals surface area contributed by atoms with Gasteiger partial charge in [-0.3, -0.25) is 9.59 Å². The first-order chi connectivity index (χ1) is 28.8. The van der Waals surface area contributed by atoms with Gasteiger partial charge in [0.2, 0.25) is 0 Å². The minimum absolute atomic E-state index is 0.0695. The highest BCUT2D eigenvalue weighted by atomic mass is 32.1. The first kappa shape index (κ1) is 38.6. The second-order valence-corrected chi connectivity index (χ2v) is 13.9. The molecule has 2 aliphatic carbocycles. The van der Waals surface area contributed by atoms with Gasteiger partial charge in [-0.15, -0.1) is 0 Å². The highest BCUT2D eigenvalue weighted by Gasteiger charge is 2.24. The van der Waals surface area contributed by atoms with E-state index in [0.717, 1.165) is 0 Å². The van der Waals surface area contributed by atoms with Crippen LogP contribution in [0.3, 0.4) is 0 Å². The fourth-order valence-corrected chi connectivity index (χ4v) is 7.26. The Morgan fingerprint density at radius 3 is 1.47 bits per heavy atom. The second kappa shape index (κ2) is 15.6. The standard InChI is InChI=1S/C44H30N4O11S/c49-23-3-9-29-35(17-23)58-36-18-24(50)4-10-30(36)39(29)27-7-1-21(15-33(27)41(53)54)47-43(57)45-13-14-46-44(60)48-22-2-8-28(34(16-22)42(55)56)40-31-11-5-25(51)19-37(31)59-38-20-26(52)6-12-32(38)40/h1-12,15-20,49,51H,13-14H2,(H,53,54)(H,55,56)(H2,45,47,57)(H2,46,48,60). The summed E-state index contributed by atoms with van der Waals surface area (Å²) in [5.74, 6) is -2.23. The summed E-state index contributed by atoms with van der Waals surface area (Å²) >= 11 is 5.42. The Morgan fingerprint density at radius 1 is 0.533 bits per heavy atom. The molecular weight excluding hydrogens is 793 g/mol. The molecule has 16 heteroatoms. The molecule has 0 unspecified atom stereocenters. The summed E-state index contributed by atoms with van der Waals surface area (Å²) in [6.07, 6.45) is 0. The summed E-state index contributed by atoms with van der Waals surface area (Å²) in [6, 6.07) is 25.6. The van der Waals surface area contributed by atoms with Gasteiger partial charge in [0.25, 0.3) is 0 Å². The van der Waals surface area contributed by atoms with Crippen LogP contribution in [0, 0.1) is 0 Å². The van der Waals surface area contributed by atoms with E-state index in [1.807, 2.05) is 0 Å². The van der Waals surface area contributed by atoms with Gasteiger partial charge < -0.3 is 50.5 Å². The Labute approximate surface area is 342 Å². The molecule has 0 aromatic heterocycles. The number of nitrogens with one attached hydrogen (secondary N) is 4. The molecule has 2 aliphatic heterocycles. The van der Waals surface area contributed by atoms with Gasteiger partial charge in [-0.1, -0.05) is 12.1 Å². The normalized spacial score (nSPS) is 11.1. The summed E-state index contributed by atoms with van der Waals surface area (Å²) in [5.41, 5.74) is 2.74. The third-order valence-electron chi connectivity index (χ3n) is 9.60. The number of aromatic carboxylic acids is 2. The fourth-order valence-electron chi connectivity index (χ4n) is 7.04. The lowest BCUT2D eigenvalue weighted by Gasteiger charge is -2.18. The number of hydrogen-bond acceptors (Lipinski definition) is 10. The van der Waals surface area contributed by atoms with Crippen molar-refractivity contribution in [1.29, 1.82) is 0 Å². The molecule has 2 amide bonds. The van der Waals surface area contributed by atoms with E-state index in [1.54, 1.807) is 36.4 Å². The number of carboxylic acids is 2. The molecule has 60 heavy (non-hydrogen) atoms. The molecule has 298 valence electrons. The third-order valence-corrected chi connectivity index (χ3v) is 9.85. The van der Waals surface area contributed by atoms with Crippen LogP contribution in [-0.4, -0.2) is 56.6 Å².